The molecule has 2 aliphatic rings. The lowest BCUT2D eigenvalue weighted by molar-refractivity contribution is -0.286. The number of ether oxygens (including phenoxy) is 3. The van der Waals surface area contributed by atoms with E-state index in [0.29, 0.717) is 36.5 Å². The van der Waals surface area contributed by atoms with Crippen molar-refractivity contribution in [3.8, 4) is 11.5 Å². The fraction of sp³-hybridized carbons (Fsp3) is 0.444. The van der Waals surface area contributed by atoms with Crippen molar-refractivity contribution in [3.05, 3.63) is 53.7 Å². The molecule has 9 heteroatoms. The molecule has 1 amide bonds. The van der Waals surface area contributed by atoms with Gasteiger partial charge in [0, 0.05) is 48.0 Å². The van der Waals surface area contributed by atoms with Crippen molar-refractivity contribution in [2.75, 3.05) is 19.0 Å². The fourth-order valence-electron chi connectivity index (χ4n) is 5.08. The van der Waals surface area contributed by atoms with Gasteiger partial charge in [-0.25, -0.2) is 0 Å². The lowest BCUT2D eigenvalue weighted by atomic mass is 9.87. The Kier molecular flexibility index (Phi) is 5.82. The molecule has 2 aromatic carbocycles. The van der Waals surface area contributed by atoms with Crippen LogP contribution in [0.15, 0.2) is 42.5 Å². The first-order valence-electron chi connectivity index (χ1n) is 12.3. The molecule has 1 fully saturated rings. The molecule has 0 bridgehead atoms. The van der Waals surface area contributed by atoms with Crippen LogP contribution in [0.1, 0.15) is 44.9 Å². The molecular formula is C27H31BF2N2O4. The number of amides is 1. The van der Waals surface area contributed by atoms with Gasteiger partial charge in [0.15, 0.2) is 11.5 Å². The molecule has 36 heavy (non-hydrogen) atoms. The Bertz CT molecular complexity index is 1330. The molecule has 1 aliphatic heterocycles. The van der Waals surface area contributed by atoms with E-state index in [-0.39, 0.29) is 22.8 Å². The molecule has 2 heterocycles. The third kappa shape index (κ3) is 4.45. The van der Waals surface area contributed by atoms with Gasteiger partial charge in [-0.15, -0.1) is 8.78 Å². The average molecular weight is 496 g/mol. The van der Waals surface area contributed by atoms with E-state index in [1.54, 1.807) is 13.2 Å². The summed E-state index contributed by atoms with van der Waals surface area (Å²) >= 11 is 0. The number of aromatic nitrogens is 1. The van der Waals surface area contributed by atoms with E-state index in [1.165, 1.54) is 17.8 Å². The van der Waals surface area contributed by atoms with Gasteiger partial charge in [-0.1, -0.05) is 26.8 Å². The minimum atomic E-state index is -3.68. The van der Waals surface area contributed by atoms with Crippen molar-refractivity contribution >= 4 is 30.3 Å². The number of hydrogen-bond donors (Lipinski definition) is 1. The quantitative estimate of drug-likeness (QED) is 0.468. The molecule has 1 aliphatic carbocycles. The van der Waals surface area contributed by atoms with Gasteiger partial charge in [0.25, 0.3) is 0 Å². The van der Waals surface area contributed by atoms with Gasteiger partial charge in [0.1, 0.15) is 7.85 Å². The highest BCUT2D eigenvalue weighted by Crippen LogP contribution is 2.52. The lowest BCUT2D eigenvalue weighted by Gasteiger charge is -2.24. The molecule has 1 N–H and O–H groups in total. The summed E-state index contributed by atoms with van der Waals surface area (Å²) < 4.78 is 43.6. The van der Waals surface area contributed by atoms with E-state index in [1.807, 2.05) is 18.2 Å². The van der Waals surface area contributed by atoms with Gasteiger partial charge in [0.2, 0.25) is 5.91 Å². The van der Waals surface area contributed by atoms with E-state index in [4.69, 9.17) is 4.74 Å². The molecule has 1 aromatic heterocycles. The highest BCUT2D eigenvalue weighted by atomic mass is 19.3. The van der Waals surface area contributed by atoms with Gasteiger partial charge in [-0.3, -0.25) is 4.79 Å². The minimum Gasteiger partial charge on any atom is -0.395 e. The van der Waals surface area contributed by atoms with Gasteiger partial charge >= 0.3 is 6.29 Å². The van der Waals surface area contributed by atoms with Crippen LogP contribution in [-0.4, -0.2) is 38.3 Å². The maximum atomic E-state index is 13.4. The monoisotopic (exact) mass is 496 g/mol. The van der Waals surface area contributed by atoms with Crippen LogP contribution >= 0.6 is 0 Å². The standard InChI is InChI=1S/C27H31BF2N2O4/c1-25(2,3)23-12-16-11-19(6-7-20(16)32(23)14-18(28)15-34-4)31-24(33)26(9-10-26)17-5-8-21-22(13-17)36-27(29,30)35-21/h5-8,11-13,18H,9-10,14-15,28H2,1-4H3,(H,31,33). The molecule has 190 valence electrons. The molecular weight excluding hydrogens is 465 g/mol. The van der Waals surface area contributed by atoms with E-state index < -0.39 is 11.7 Å². The van der Waals surface area contributed by atoms with Gasteiger partial charge < -0.3 is 24.1 Å². The van der Waals surface area contributed by atoms with Crippen LogP contribution < -0.4 is 14.8 Å². The minimum absolute atomic E-state index is 0.0237. The number of nitrogens with zero attached hydrogens (tertiary/aromatic N) is 1. The summed E-state index contributed by atoms with van der Waals surface area (Å²) in [6, 6.07) is 12.7. The molecule has 0 spiro atoms. The van der Waals surface area contributed by atoms with Crippen LogP contribution in [-0.2, 0) is 26.9 Å². The number of anilines is 1. The highest BCUT2D eigenvalue weighted by Gasteiger charge is 2.52. The molecule has 3 aromatic rings. The number of methoxy groups -OCH3 is 1. The number of carbonyl (C=O) groups is 1. The van der Waals surface area contributed by atoms with Crippen molar-refractivity contribution in [2.45, 2.75) is 63.1 Å². The lowest BCUT2D eigenvalue weighted by Crippen LogP contribution is -2.27. The first-order chi connectivity index (χ1) is 16.9. The first-order valence-corrected chi connectivity index (χ1v) is 12.3. The summed E-state index contributed by atoms with van der Waals surface area (Å²) in [7, 11) is 3.89. The summed E-state index contributed by atoms with van der Waals surface area (Å²) in [6.07, 6.45) is -2.41. The topological polar surface area (TPSA) is 61.7 Å². The Hall–Kier alpha value is -3.07. The number of hydrogen-bond acceptors (Lipinski definition) is 4. The third-order valence-corrected chi connectivity index (χ3v) is 7.01. The van der Waals surface area contributed by atoms with Crippen LogP contribution in [0, 0.1) is 0 Å². The number of nitrogens with one attached hydrogen (secondary N) is 1. The van der Waals surface area contributed by atoms with Crippen LogP contribution in [0.3, 0.4) is 0 Å². The number of alkyl halides is 2. The van der Waals surface area contributed by atoms with E-state index in [2.05, 4.69) is 54.0 Å². The number of fused-ring (bicyclic) bond motifs is 2. The largest absolute Gasteiger partial charge is 0.586 e. The molecule has 0 radical (unpaired) electrons. The summed E-state index contributed by atoms with van der Waals surface area (Å²) in [6.45, 7) is 8.09. The molecule has 1 atom stereocenters. The van der Waals surface area contributed by atoms with Gasteiger partial charge in [-0.05, 0) is 60.6 Å². The highest BCUT2D eigenvalue weighted by molar-refractivity contribution is 6.11. The normalized spacial score (nSPS) is 18.3. The Morgan fingerprint density at radius 1 is 1.14 bits per heavy atom. The zero-order valence-electron chi connectivity index (χ0n) is 21.3. The molecule has 1 unspecified atom stereocenters. The summed E-state index contributed by atoms with van der Waals surface area (Å²) in [4.78, 5) is 13.4. The van der Waals surface area contributed by atoms with Crippen molar-refractivity contribution in [2.24, 2.45) is 0 Å². The zero-order chi connectivity index (χ0) is 25.9. The maximum absolute atomic E-state index is 13.4. The fourth-order valence-corrected chi connectivity index (χ4v) is 5.08. The number of halogens is 2. The number of benzene rings is 2. The Morgan fingerprint density at radius 2 is 1.86 bits per heavy atom. The van der Waals surface area contributed by atoms with Crippen LogP contribution in [0.25, 0.3) is 10.9 Å². The second-order valence-corrected chi connectivity index (χ2v) is 11.1. The molecule has 1 saturated carbocycles. The summed E-state index contributed by atoms with van der Waals surface area (Å²) in [5.41, 5.74) is 2.87. The molecule has 6 nitrogen and oxygen atoms in total. The number of carbonyl (C=O) groups excluding carboxylic acids is 1. The Balaban J connectivity index is 1.40. The van der Waals surface area contributed by atoms with Crippen molar-refractivity contribution in [1.82, 2.24) is 4.57 Å². The van der Waals surface area contributed by atoms with Crippen LogP contribution in [0.5, 0.6) is 11.5 Å². The predicted octanol–water partition coefficient (Wildman–Crippen LogP) is 5.00. The second-order valence-electron chi connectivity index (χ2n) is 11.1. The SMILES string of the molecule is BC(COC)Cn1c(C(C)(C)C)cc2cc(NC(=O)C3(c4ccc5c(c4)OC(F)(F)O5)CC3)ccc21. The maximum Gasteiger partial charge on any atom is 0.586 e. The summed E-state index contributed by atoms with van der Waals surface area (Å²) in [5.74, 6) is 0.125. The summed E-state index contributed by atoms with van der Waals surface area (Å²) in [5, 5.41) is 4.11. The number of rotatable bonds is 7. The smallest absolute Gasteiger partial charge is 0.395 e. The Labute approximate surface area is 210 Å². The second kappa shape index (κ2) is 8.51. The van der Waals surface area contributed by atoms with Gasteiger partial charge in [-0.2, -0.15) is 0 Å². The van der Waals surface area contributed by atoms with Crippen molar-refractivity contribution in [1.29, 1.82) is 0 Å². The van der Waals surface area contributed by atoms with Crippen LogP contribution in [0.4, 0.5) is 14.5 Å². The van der Waals surface area contributed by atoms with Gasteiger partial charge in [0.05, 0.1) is 5.41 Å². The average Bonchev–Trinajstić information content (AvgIpc) is 3.43. The van der Waals surface area contributed by atoms with Crippen molar-refractivity contribution < 1.29 is 27.8 Å². The Morgan fingerprint density at radius 3 is 2.53 bits per heavy atom. The third-order valence-electron chi connectivity index (χ3n) is 7.01. The zero-order valence-corrected chi connectivity index (χ0v) is 21.3. The van der Waals surface area contributed by atoms with Crippen LogP contribution in [0.2, 0.25) is 5.82 Å². The first kappa shape index (κ1) is 24.6. The van der Waals surface area contributed by atoms with E-state index >= 15 is 0 Å². The molecule has 0 saturated heterocycles. The van der Waals surface area contributed by atoms with Crippen molar-refractivity contribution in [3.63, 3.8) is 0 Å². The van der Waals surface area contributed by atoms with E-state index in [0.717, 1.165) is 17.4 Å². The van der Waals surface area contributed by atoms with E-state index in [9.17, 15) is 13.6 Å². The molecule has 5 rings (SSSR count). The predicted molar refractivity (Wildman–Crippen MR) is 137 cm³/mol.